The number of halogens is 1. The molecule has 0 saturated carbocycles. The Hall–Kier alpha value is -0.580. The molecule has 1 saturated heterocycles. The van der Waals surface area contributed by atoms with Gasteiger partial charge in [0.1, 0.15) is 6.04 Å². The molecular formula is C12H16ClNO2S. The number of thiophene rings is 1. The molecule has 0 spiro atoms. The molecule has 0 amide bonds. The molecule has 0 aromatic carbocycles. The van der Waals surface area contributed by atoms with E-state index < -0.39 is 5.97 Å². The van der Waals surface area contributed by atoms with Gasteiger partial charge in [0.25, 0.3) is 0 Å². The third kappa shape index (κ3) is 2.49. The fourth-order valence-electron chi connectivity index (χ4n) is 2.51. The van der Waals surface area contributed by atoms with Crippen molar-refractivity contribution in [2.75, 3.05) is 6.54 Å². The second-order valence-electron chi connectivity index (χ2n) is 4.60. The lowest BCUT2D eigenvalue weighted by atomic mass is 10.0. The third-order valence-corrected chi connectivity index (χ3v) is 4.90. The highest BCUT2D eigenvalue weighted by Gasteiger charge is 2.39. The molecule has 1 fully saturated rings. The zero-order valence-electron chi connectivity index (χ0n) is 9.89. The van der Waals surface area contributed by atoms with Crippen LogP contribution in [0, 0.1) is 5.92 Å². The van der Waals surface area contributed by atoms with Crippen LogP contribution in [0.2, 0.25) is 4.34 Å². The van der Waals surface area contributed by atoms with Gasteiger partial charge >= 0.3 is 5.97 Å². The first-order chi connectivity index (χ1) is 8.00. The fraction of sp³-hybridized carbons (Fsp3) is 0.583. The van der Waals surface area contributed by atoms with Crippen molar-refractivity contribution >= 4 is 28.9 Å². The van der Waals surface area contributed by atoms with E-state index in [2.05, 4.69) is 11.8 Å². The summed E-state index contributed by atoms with van der Waals surface area (Å²) in [5.74, 6) is -0.505. The van der Waals surface area contributed by atoms with Gasteiger partial charge in [0, 0.05) is 10.9 Å². The SMILES string of the molecule is CC1CCN(C(C)c2ccc(Cl)s2)C1C(=O)O. The minimum absolute atomic E-state index is 0.124. The summed E-state index contributed by atoms with van der Waals surface area (Å²) in [6, 6.07) is 3.61. The van der Waals surface area contributed by atoms with E-state index in [0.29, 0.717) is 0 Å². The highest BCUT2D eigenvalue weighted by atomic mass is 35.5. The van der Waals surface area contributed by atoms with Crippen LogP contribution < -0.4 is 0 Å². The van der Waals surface area contributed by atoms with Crippen LogP contribution in [0.4, 0.5) is 0 Å². The van der Waals surface area contributed by atoms with Crippen molar-refractivity contribution in [2.45, 2.75) is 32.4 Å². The molecule has 17 heavy (non-hydrogen) atoms. The smallest absolute Gasteiger partial charge is 0.321 e. The molecule has 1 aromatic heterocycles. The number of carbonyl (C=O) groups is 1. The molecule has 0 bridgehead atoms. The lowest BCUT2D eigenvalue weighted by Crippen LogP contribution is -2.40. The van der Waals surface area contributed by atoms with E-state index >= 15 is 0 Å². The summed E-state index contributed by atoms with van der Waals surface area (Å²) in [6.45, 7) is 4.90. The topological polar surface area (TPSA) is 40.5 Å². The van der Waals surface area contributed by atoms with Crippen LogP contribution >= 0.6 is 22.9 Å². The highest BCUT2D eigenvalue weighted by molar-refractivity contribution is 7.16. The van der Waals surface area contributed by atoms with Gasteiger partial charge < -0.3 is 5.11 Å². The van der Waals surface area contributed by atoms with Crippen molar-refractivity contribution in [1.82, 2.24) is 4.90 Å². The zero-order chi connectivity index (χ0) is 12.6. The average Bonchev–Trinajstić information content (AvgIpc) is 2.83. The summed E-state index contributed by atoms with van der Waals surface area (Å²) in [7, 11) is 0. The standard InChI is InChI=1S/C12H16ClNO2S/c1-7-5-6-14(11(7)12(15)16)8(2)9-3-4-10(13)17-9/h3-4,7-8,11H,5-6H2,1-2H3,(H,15,16). The summed E-state index contributed by atoms with van der Waals surface area (Å²) in [5.41, 5.74) is 0. The predicted octanol–water partition coefficient (Wildman–Crippen LogP) is 3.26. The highest BCUT2D eigenvalue weighted by Crippen LogP contribution is 2.36. The van der Waals surface area contributed by atoms with Gasteiger partial charge in [-0.05, 0) is 37.9 Å². The third-order valence-electron chi connectivity index (χ3n) is 3.50. The summed E-state index contributed by atoms with van der Waals surface area (Å²) >= 11 is 7.45. The van der Waals surface area contributed by atoms with E-state index in [-0.39, 0.29) is 18.0 Å². The molecule has 3 unspecified atom stereocenters. The molecule has 94 valence electrons. The lowest BCUT2D eigenvalue weighted by molar-refractivity contribution is -0.144. The second-order valence-corrected chi connectivity index (χ2v) is 6.35. The van der Waals surface area contributed by atoms with Gasteiger partial charge in [0.05, 0.1) is 4.34 Å². The van der Waals surface area contributed by atoms with E-state index in [1.54, 1.807) is 0 Å². The van der Waals surface area contributed by atoms with Crippen LogP contribution in [0.25, 0.3) is 0 Å². The van der Waals surface area contributed by atoms with Crippen molar-refractivity contribution in [2.24, 2.45) is 5.92 Å². The van der Waals surface area contributed by atoms with Gasteiger partial charge in [-0.3, -0.25) is 9.69 Å². The second kappa shape index (κ2) is 4.96. The summed E-state index contributed by atoms with van der Waals surface area (Å²) < 4.78 is 0.756. The van der Waals surface area contributed by atoms with Crippen molar-refractivity contribution in [1.29, 1.82) is 0 Å². The molecule has 5 heteroatoms. The summed E-state index contributed by atoms with van der Waals surface area (Å²) in [4.78, 5) is 14.5. The van der Waals surface area contributed by atoms with Crippen LogP contribution in [0.15, 0.2) is 12.1 Å². The molecule has 1 aliphatic rings. The van der Waals surface area contributed by atoms with Crippen LogP contribution in [0.3, 0.4) is 0 Å². The lowest BCUT2D eigenvalue weighted by Gasteiger charge is -2.28. The number of aliphatic carboxylic acids is 1. The number of carboxylic acids is 1. The Morgan fingerprint density at radius 3 is 2.88 bits per heavy atom. The van der Waals surface area contributed by atoms with Crippen LogP contribution in [-0.4, -0.2) is 28.6 Å². The largest absolute Gasteiger partial charge is 0.480 e. The summed E-state index contributed by atoms with van der Waals surface area (Å²) in [6.07, 6.45) is 0.945. The molecule has 3 atom stereocenters. The van der Waals surface area contributed by atoms with E-state index in [1.807, 2.05) is 19.1 Å². The molecule has 0 radical (unpaired) electrons. The monoisotopic (exact) mass is 273 g/mol. The van der Waals surface area contributed by atoms with Gasteiger partial charge in [0.2, 0.25) is 0 Å². The Morgan fingerprint density at radius 2 is 2.35 bits per heavy atom. The van der Waals surface area contributed by atoms with Crippen LogP contribution in [0.5, 0.6) is 0 Å². The zero-order valence-corrected chi connectivity index (χ0v) is 11.5. The van der Waals surface area contributed by atoms with Crippen molar-refractivity contribution in [3.05, 3.63) is 21.3 Å². The molecule has 1 N–H and O–H groups in total. The van der Waals surface area contributed by atoms with Gasteiger partial charge in [-0.25, -0.2) is 0 Å². The molecule has 2 heterocycles. The van der Waals surface area contributed by atoms with E-state index in [4.69, 9.17) is 11.6 Å². The van der Waals surface area contributed by atoms with Gasteiger partial charge in [-0.2, -0.15) is 0 Å². The van der Waals surface area contributed by atoms with E-state index in [1.165, 1.54) is 11.3 Å². The number of nitrogens with zero attached hydrogens (tertiary/aromatic N) is 1. The number of rotatable bonds is 3. The van der Waals surface area contributed by atoms with Crippen LogP contribution in [-0.2, 0) is 4.79 Å². The normalized spacial score (nSPS) is 27.2. The Labute approximate surface area is 110 Å². The van der Waals surface area contributed by atoms with Gasteiger partial charge in [0.15, 0.2) is 0 Å². The number of hydrogen-bond donors (Lipinski definition) is 1. The fourth-order valence-corrected chi connectivity index (χ4v) is 3.65. The Kier molecular flexibility index (Phi) is 3.76. The molecular weight excluding hydrogens is 258 g/mol. The van der Waals surface area contributed by atoms with Gasteiger partial charge in [-0.1, -0.05) is 18.5 Å². The maximum absolute atomic E-state index is 11.3. The maximum Gasteiger partial charge on any atom is 0.321 e. The predicted molar refractivity (Wildman–Crippen MR) is 69.7 cm³/mol. The van der Waals surface area contributed by atoms with Crippen molar-refractivity contribution in [3.63, 3.8) is 0 Å². The minimum atomic E-state index is -0.718. The quantitative estimate of drug-likeness (QED) is 0.919. The molecule has 1 aromatic rings. The van der Waals surface area contributed by atoms with Crippen LogP contribution in [0.1, 0.15) is 31.2 Å². The first-order valence-corrected chi connectivity index (χ1v) is 6.94. The first-order valence-electron chi connectivity index (χ1n) is 5.74. The Bertz CT molecular complexity index is 420. The molecule has 0 aliphatic carbocycles. The Morgan fingerprint density at radius 1 is 1.65 bits per heavy atom. The molecule has 2 rings (SSSR count). The average molecular weight is 274 g/mol. The summed E-state index contributed by atoms with van der Waals surface area (Å²) in [5, 5.41) is 9.29. The van der Waals surface area contributed by atoms with E-state index in [9.17, 15) is 9.90 Å². The van der Waals surface area contributed by atoms with Crippen molar-refractivity contribution < 1.29 is 9.90 Å². The molecule has 3 nitrogen and oxygen atoms in total. The van der Waals surface area contributed by atoms with E-state index in [0.717, 1.165) is 22.2 Å². The van der Waals surface area contributed by atoms with Gasteiger partial charge in [-0.15, -0.1) is 11.3 Å². The Balaban J connectivity index is 2.19. The first kappa shape index (κ1) is 12.9. The maximum atomic E-state index is 11.3. The van der Waals surface area contributed by atoms with Crippen molar-refractivity contribution in [3.8, 4) is 0 Å². The number of hydrogen-bond acceptors (Lipinski definition) is 3. The minimum Gasteiger partial charge on any atom is -0.480 e. The molecule has 1 aliphatic heterocycles. The number of carboxylic acid groups (broad SMARTS) is 1. The number of likely N-dealkylation sites (tertiary alicyclic amines) is 1.